The van der Waals surface area contributed by atoms with Gasteiger partial charge in [0, 0.05) is 24.7 Å². The van der Waals surface area contributed by atoms with Crippen LogP contribution in [-0.2, 0) is 9.53 Å². The first-order valence-electron chi connectivity index (χ1n) is 6.35. The quantitative estimate of drug-likeness (QED) is 0.792. The Hall–Kier alpha value is -1.59. The van der Waals surface area contributed by atoms with E-state index in [-0.39, 0.29) is 16.5 Å². The molecule has 2 N–H and O–H groups in total. The van der Waals surface area contributed by atoms with Crippen molar-refractivity contribution >= 4 is 29.2 Å². The van der Waals surface area contributed by atoms with Gasteiger partial charge in [-0.05, 0) is 18.2 Å². The highest BCUT2D eigenvalue weighted by molar-refractivity contribution is 6.33. The van der Waals surface area contributed by atoms with Gasteiger partial charge in [-0.2, -0.15) is 0 Å². The molecule has 5 nitrogen and oxygen atoms in total. The van der Waals surface area contributed by atoms with Crippen molar-refractivity contribution in [2.45, 2.75) is 26.3 Å². The Morgan fingerprint density at radius 1 is 1.35 bits per heavy atom. The molecule has 0 unspecified atom stereocenters. The van der Waals surface area contributed by atoms with Crippen molar-refractivity contribution in [3.63, 3.8) is 0 Å². The Balaban J connectivity index is 2.64. The number of methoxy groups -OCH3 is 1. The number of benzene rings is 1. The fraction of sp³-hybridized carbons (Fsp3) is 0.429. The molecule has 0 radical (unpaired) electrons. The Kier molecular flexibility index (Phi) is 6.48. The Labute approximate surface area is 123 Å². The van der Waals surface area contributed by atoms with Crippen molar-refractivity contribution in [2.75, 3.05) is 19.0 Å². The van der Waals surface area contributed by atoms with Crippen LogP contribution in [0.15, 0.2) is 18.2 Å². The standard InChI is InChI=1S/C14H19ClN2O3/c1-9(2)16-7-6-13(18)17-10-4-5-12(15)11(8-10)14(19)20-3/h4-5,8-9,16H,6-7H2,1-3H3,(H,17,18). The van der Waals surface area contributed by atoms with Crippen molar-refractivity contribution in [1.82, 2.24) is 5.32 Å². The lowest BCUT2D eigenvalue weighted by molar-refractivity contribution is -0.116. The van der Waals surface area contributed by atoms with Gasteiger partial charge in [0.15, 0.2) is 0 Å². The molecule has 110 valence electrons. The molecule has 1 amide bonds. The fourth-order valence-corrected chi connectivity index (χ4v) is 1.76. The number of halogens is 1. The van der Waals surface area contributed by atoms with Gasteiger partial charge in [0.2, 0.25) is 5.91 Å². The molecule has 0 saturated heterocycles. The molecule has 6 heteroatoms. The van der Waals surface area contributed by atoms with Crippen LogP contribution in [0.1, 0.15) is 30.6 Å². The molecule has 0 aliphatic rings. The molecule has 1 rings (SSSR count). The molecule has 0 heterocycles. The summed E-state index contributed by atoms with van der Waals surface area (Å²) in [6.45, 7) is 4.63. The first-order valence-corrected chi connectivity index (χ1v) is 6.73. The van der Waals surface area contributed by atoms with Crippen LogP contribution in [0, 0.1) is 0 Å². The van der Waals surface area contributed by atoms with Gasteiger partial charge in [-0.3, -0.25) is 4.79 Å². The predicted octanol–water partition coefficient (Wildman–Crippen LogP) is 2.45. The van der Waals surface area contributed by atoms with E-state index in [0.29, 0.717) is 24.7 Å². The Morgan fingerprint density at radius 3 is 2.65 bits per heavy atom. The summed E-state index contributed by atoms with van der Waals surface area (Å²) in [6.07, 6.45) is 0.356. The molecular weight excluding hydrogens is 280 g/mol. The van der Waals surface area contributed by atoms with E-state index in [4.69, 9.17) is 11.6 Å². The molecule has 0 atom stereocenters. The number of carbonyl (C=O) groups is 2. The van der Waals surface area contributed by atoms with Crippen LogP contribution in [-0.4, -0.2) is 31.6 Å². The van der Waals surface area contributed by atoms with E-state index in [1.54, 1.807) is 12.1 Å². The molecule has 0 saturated carbocycles. The summed E-state index contributed by atoms with van der Waals surface area (Å²) in [5, 5.41) is 6.16. The SMILES string of the molecule is COC(=O)c1cc(NC(=O)CCNC(C)C)ccc1Cl. The largest absolute Gasteiger partial charge is 0.465 e. The number of hydrogen-bond donors (Lipinski definition) is 2. The zero-order valence-electron chi connectivity index (χ0n) is 11.8. The summed E-state index contributed by atoms with van der Waals surface area (Å²) in [6, 6.07) is 5.03. The number of nitrogens with one attached hydrogen (secondary N) is 2. The predicted molar refractivity (Wildman–Crippen MR) is 79.2 cm³/mol. The van der Waals surface area contributed by atoms with E-state index < -0.39 is 5.97 Å². The van der Waals surface area contributed by atoms with Gasteiger partial charge in [-0.15, -0.1) is 0 Å². The number of esters is 1. The normalized spacial score (nSPS) is 10.4. The number of hydrogen-bond acceptors (Lipinski definition) is 4. The lowest BCUT2D eigenvalue weighted by atomic mass is 10.2. The van der Waals surface area contributed by atoms with Gasteiger partial charge >= 0.3 is 5.97 Å². The molecule has 1 aromatic rings. The lowest BCUT2D eigenvalue weighted by Crippen LogP contribution is -2.27. The molecule has 1 aromatic carbocycles. The third-order valence-electron chi connectivity index (χ3n) is 2.56. The molecule has 0 fully saturated rings. The smallest absolute Gasteiger partial charge is 0.339 e. The van der Waals surface area contributed by atoms with Gasteiger partial charge in [0.25, 0.3) is 0 Å². The Morgan fingerprint density at radius 2 is 2.05 bits per heavy atom. The average molecular weight is 299 g/mol. The zero-order chi connectivity index (χ0) is 15.1. The monoisotopic (exact) mass is 298 g/mol. The van der Waals surface area contributed by atoms with E-state index in [1.807, 2.05) is 13.8 Å². The van der Waals surface area contributed by atoms with Crippen LogP contribution in [0.2, 0.25) is 5.02 Å². The van der Waals surface area contributed by atoms with Gasteiger partial charge in [0.1, 0.15) is 0 Å². The van der Waals surface area contributed by atoms with Gasteiger partial charge < -0.3 is 15.4 Å². The second-order valence-corrected chi connectivity index (χ2v) is 5.00. The summed E-state index contributed by atoms with van der Waals surface area (Å²) < 4.78 is 4.62. The highest BCUT2D eigenvalue weighted by atomic mass is 35.5. The Bertz CT molecular complexity index is 489. The first kappa shape index (κ1) is 16.5. The van der Waals surface area contributed by atoms with Crippen LogP contribution >= 0.6 is 11.6 Å². The van der Waals surface area contributed by atoms with Crippen molar-refractivity contribution in [3.8, 4) is 0 Å². The second kappa shape index (κ2) is 7.87. The molecule has 0 aliphatic carbocycles. The van der Waals surface area contributed by atoms with Crippen LogP contribution in [0.5, 0.6) is 0 Å². The summed E-state index contributed by atoms with van der Waals surface area (Å²) >= 11 is 5.90. The maximum absolute atomic E-state index is 11.7. The number of amides is 1. The van der Waals surface area contributed by atoms with E-state index in [2.05, 4.69) is 15.4 Å². The van der Waals surface area contributed by atoms with Crippen molar-refractivity contribution in [3.05, 3.63) is 28.8 Å². The van der Waals surface area contributed by atoms with Gasteiger partial charge in [-0.1, -0.05) is 25.4 Å². The third-order valence-corrected chi connectivity index (χ3v) is 2.89. The summed E-state index contributed by atoms with van der Waals surface area (Å²) in [5.41, 5.74) is 0.747. The van der Waals surface area contributed by atoms with E-state index in [0.717, 1.165) is 0 Å². The number of rotatable bonds is 6. The average Bonchev–Trinajstić information content (AvgIpc) is 2.39. The fourth-order valence-electron chi connectivity index (χ4n) is 1.57. The lowest BCUT2D eigenvalue weighted by Gasteiger charge is -2.10. The van der Waals surface area contributed by atoms with E-state index in [1.165, 1.54) is 13.2 Å². The van der Waals surface area contributed by atoms with Crippen LogP contribution in [0.4, 0.5) is 5.69 Å². The minimum Gasteiger partial charge on any atom is -0.465 e. The highest BCUT2D eigenvalue weighted by Gasteiger charge is 2.12. The van der Waals surface area contributed by atoms with Gasteiger partial charge in [-0.25, -0.2) is 4.79 Å². The summed E-state index contributed by atoms with van der Waals surface area (Å²) in [7, 11) is 1.28. The molecule has 0 aliphatic heterocycles. The number of ether oxygens (including phenoxy) is 1. The van der Waals surface area contributed by atoms with E-state index >= 15 is 0 Å². The van der Waals surface area contributed by atoms with Gasteiger partial charge in [0.05, 0.1) is 17.7 Å². The zero-order valence-corrected chi connectivity index (χ0v) is 12.6. The van der Waals surface area contributed by atoms with Crippen molar-refractivity contribution in [2.24, 2.45) is 0 Å². The van der Waals surface area contributed by atoms with Crippen LogP contribution < -0.4 is 10.6 Å². The highest BCUT2D eigenvalue weighted by Crippen LogP contribution is 2.21. The number of anilines is 1. The molecule has 20 heavy (non-hydrogen) atoms. The van der Waals surface area contributed by atoms with Crippen molar-refractivity contribution in [1.29, 1.82) is 0 Å². The molecule has 0 aromatic heterocycles. The third kappa shape index (κ3) is 5.19. The molecule has 0 bridgehead atoms. The van der Waals surface area contributed by atoms with Crippen molar-refractivity contribution < 1.29 is 14.3 Å². The van der Waals surface area contributed by atoms with E-state index in [9.17, 15) is 9.59 Å². The maximum atomic E-state index is 11.7. The maximum Gasteiger partial charge on any atom is 0.339 e. The summed E-state index contributed by atoms with van der Waals surface area (Å²) in [4.78, 5) is 23.2. The van der Waals surface area contributed by atoms with Crippen LogP contribution in [0.3, 0.4) is 0 Å². The number of carbonyl (C=O) groups excluding carboxylic acids is 2. The first-order chi connectivity index (χ1) is 9.43. The minimum atomic E-state index is -0.535. The topological polar surface area (TPSA) is 67.4 Å². The summed E-state index contributed by atoms with van der Waals surface area (Å²) in [5.74, 6) is -0.663. The molecule has 0 spiro atoms. The molecular formula is C14H19ClN2O3. The van der Waals surface area contributed by atoms with Crippen LogP contribution in [0.25, 0.3) is 0 Å². The second-order valence-electron chi connectivity index (χ2n) is 4.59. The minimum absolute atomic E-state index is 0.128.